The first kappa shape index (κ1) is 19.2. The largest absolute Gasteiger partial charge is 0.340 e. The van der Waals surface area contributed by atoms with Crippen LogP contribution in [0.1, 0.15) is 33.3 Å². The third-order valence-corrected chi connectivity index (χ3v) is 4.28. The number of carbonyl (C=O) groups is 2. The summed E-state index contributed by atoms with van der Waals surface area (Å²) in [6.07, 6.45) is 5.57. The quantitative estimate of drug-likeness (QED) is 0.638. The summed E-state index contributed by atoms with van der Waals surface area (Å²) in [5.41, 5.74) is 2.84. The maximum atomic E-state index is 12.6. The van der Waals surface area contributed by atoms with Gasteiger partial charge in [-0.1, -0.05) is 0 Å². The molecule has 0 bridgehead atoms. The second kappa shape index (κ2) is 8.85. The SMILES string of the molecule is CC(=O)c1ccc(Nc2cc(C(=O)N(C)CCc3ccncc3)ncn2)cc1. The molecule has 1 N–H and O–H groups in total. The third kappa shape index (κ3) is 4.97. The highest BCUT2D eigenvalue weighted by Crippen LogP contribution is 2.16. The fourth-order valence-corrected chi connectivity index (χ4v) is 2.62. The number of ketones is 1. The average Bonchev–Trinajstić information content (AvgIpc) is 2.73. The van der Waals surface area contributed by atoms with E-state index in [-0.39, 0.29) is 11.7 Å². The van der Waals surface area contributed by atoms with Gasteiger partial charge in [0.15, 0.2) is 5.78 Å². The normalized spacial score (nSPS) is 10.4. The Kier molecular flexibility index (Phi) is 6.06. The van der Waals surface area contributed by atoms with E-state index in [1.807, 2.05) is 12.1 Å². The maximum absolute atomic E-state index is 12.6. The van der Waals surface area contributed by atoms with Crippen molar-refractivity contribution in [2.24, 2.45) is 0 Å². The van der Waals surface area contributed by atoms with Crippen molar-refractivity contribution in [2.45, 2.75) is 13.3 Å². The number of benzene rings is 1. The summed E-state index contributed by atoms with van der Waals surface area (Å²) in [5.74, 6) is 0.346. The number of pyridine rings is 1. The molecule has 2 heterocycles. The molecule has 0 saturated carbocycles. The van der Waals surface area contributed by atoms with Gasteiger partial charge in [0.25, 0.3) is 5.91 Å². The molecule has 7 nitrogen and oxygen atoms in total. The molecule has 1 aromatic carbocycles. The minimum Gasteiger partial charge on any atom is -0.340 e. The minimum atomic E-state index is -0.175. The standard InChI is InChI=1S/C21H21N5O2/c1-15(27)17-3-5-18(6-4-17)25-20-13-19(23-14-24-20)21(28)26(2)12-9-16-7-10-22-11-8-16/h3-8,10-11,13-14H,9,12H2,1-2H3,(H,23,24,25). The highest BCUT2D eigenvalue weighted by Gasteiger charge is 2.14. The Labute approximate surface area is 163 Å². The van der Waals surface area contributed by atoms with Crippen LogP contribution in [0.3, 0.4) is 0 Å². The van der Waals surface area contributed by atoms with Gasteiger partial charge in [-0.2, -0.15) is 0 Å². The summed E-state index contributed by atoms with van der Waals surface area (Å²) < 4.78 is 0. The van der Waals surface area contributed by atoms with Crippen LogP contribution >= 0.6 is 0 Å². The molecule has 3 aromatic rings. The van der Waals surface area contributed by atoms with Crippen molar-refractivity contribution >= 4 is 23.2 Å². The summed E-state index contributed by atoms with van der Waals surface area (Å²) >= 11 is 0. The van der Waals surface area contributed by atoms with E-state index in [0.717, 1.165) is 17.7 Å². The first-order chi connectivity index (χ1) is 13.5. The van der Waals surface area contributed by atoms with E-state index < -0.39 is 0 Å². The van der Waals surface area contributed by atoms with Gasteiger partial charge < -0.3 is 10.2 Å². The van der Waals surface area contributed by atoms with Crippen LogP contribution in [0.15, 0.2) is 61.2 Å². The molecule has 3 rings (SSSR count). The van der Waals surface area contributed by atoms with E-state index in [1.165, 1.54) is 13.3 Å². The van der Waals surface area contributed by atoms with Crippen LogP contribution in [0.2, 0.25) is 0 Å². The van der Waals surface area contributed by atoms with Crippen molar-refractivity contribution in [3.05, 3.63) is 78.0 Å². The van der Waals surface area contributed by atoms with E-state index in [1.54, 1.807) is 54.7 Å². The fraction of sp³-hybridized carbons (Fsp3) is 0.190. The third-order valence-electron chi connectivity index (χ3n) is 4.28. The summed E-state index contributed by atoms with van der Waals surface area (Å²) in [7, 11) is 1.75. The Bertz CT molecular complexity index is 958. The Morgan fingerprint density at radius 3 is 2.43 bits per heavy atom. The van der Waals surface area contributed by atoms with Crippen LogP contribution < -0.4 is 5.32 Å². The molecule has 0 saturated heterocycles. The molecule has 0 atom stereocenters. The minimum absolute atomic E-state index is 0.0104. The van der Waals surface area contributed by atoms with Gasteiger partial charge in [-0.05, 0) is 55.3 Å². The lowest BCUT2D eigenvalue weighted by Crippen LogP contribution is -2.29. The number of nitrogens with zero attached hydrogens (tertiary/aromatic N) is 4. The highest BCUT2D eigenvalue weighted by molar-refractivity contribution is 5.94. The van der Waals surface area contributed by atoms with E-state index in [4.69, 9.17) is 0 Å². The van der Waals surface area contributed by atoms with Crippen LogP contribution in [0.4, 0.5) is 11.5 Å². The zero-order valence-corrected chi connectivity index (χ0v) is 15.8. The number of hydrogen-bond donors (Lipinski definition) is 1. The van der Waals surface area contributed by atoms with Crippen LogP contribution in [0, 0.1) is 0 Å². The molecule has 28 heavy (non-hydrogen) atoms. The average molecular weight is 375 g/mol. The van der Waals surface area contributed by atoms with Gasteiger partial charge in [0, 0.05) is 43.3 Å². The van der Waals surface area contributed by atoms with Crippen LogP contribution in [-0.4, -0.2) is 45.1 Å². The lowest BCUT2D eigenvalue weighted by Gasteiger charge is -2.17. The predicted octanol–water partition coefficient (Wildman–Crippen LogP) is 3.13. The van der Waals surface area contributed by atoms with Crippen molar-refractivity contribution < 1.29 is 9.59 Å². The molecule has 7 heteroatoms. The van der Waals surface area contributed by atoms with Gasteiger partial charge >= 0.3 is 0 Å². The summed E-state index contributed by atoms with van der Waals surface area (Å²) in [6, 6.07) is 12.5. The molecule has 0 radical (unpaired) electrons. The predicted molar refractivity (Wildman–Crippen MR) is 107 cm³/mol. The van der Waals surface area contributed by atoms with Crippen molar-refractivity contribution in [2.75, 3.05) is 18.9 Å². The zero-order valence-electron chi connectivity index (χ0n) is 15.8. The van der Waals surface area contributed by atoms with Crippen molar-refractivity contribution in [3.8, 4) is 0 Å². The Morgan fingerprint density at radius 2 is 1.75 bits per heavy atom. The molecule has 0 aliphatic carbocycles. The second-order valence-corrected chi connectivity index (χ2v) is 6.38. The number of carbonyl (C=O) groups excluding carboxylic acids is 2. The number of hydrogen-bond acceptors (Lipinski definition) is 6. The molecule has 0 aliphatic heterocycles. The van der Waals surface area contributed by atoms with Crippen molar-refractivity contribution in [1.29, 1.82) is 0 Å². The number of Topliss-reactive ketones (excluding diaryl/α,β-unsaturated/α-hetero) is 1. The topological polar surface area (TPSA) is 88.1 Å². The molecular formula is C21H21N5O2. The molecule has 0 fully saturated rings. The molecule has 0 aliphatic rings. The molecule has 0 unspecified atom stereocenters. The van der Waals surface area contributed by atoms with Gasteiger partial charge in [0.1, 0.15) is 17.8 Å². The molecule has 142 valence electrons. The Balaban J connectivity index is 1.64. The molecule has 2 aromatic heterocycles. The summed E-state index contributed by atoms with van der Waals surface area (Å²) in [5, 5.41) is 3.12. The zero-order chi connectivity index (χ0) is 19.9. The first-order valence-corrected chi connectivity index (χ1v) is 8.87. The van der Waals surface area contributed by atoms with Gasteiger partial charge in [0.05, 0.1) is 0 Å². The lowest BCUT2D eigenvalue weighted by molar-refractivity contribution is 0.0790. The maximum Gasteiger partial charge on any atom is 0.272 e. The van der Waals surface area contributed by atoms with E-state index in [2.05, 4.69) is 20.3 Å². The monoisotopic (exact) mass is 375 g/mol. The fourth-order valence-electron chi connectivity index (χ4n) is 2.62. The molecule has 0 spiro atoms. The number of amides is 1. The van der Waals surface area contributed by atoms with Gasteiger partial charge in [-0.25, -0.2) is 9.97 Å². The number of likely N-dealkylation sites (N-methyl/N-ethyl adjacent to an activating group) is 1. The second-order valence-electron chi connectivity index (χ2n) is 6.38. The van der Waals surface area contributed by atoms with Crippen LogP contribution in [0.5, 0.6) is 0 Å². The molecule has 1 amide bonds. The smallest absolute Gasteiger partial charge is 0.272 e. The van der Waals surface area contributed by atoms with Gasteiger partial charge in [-0.3, -0.25) is 14.6 Å². The number of aromatic nitrogens is 3. The lowest BCUT2D eigenvalue weighted by atomic mass is 10.1. The van der Waals surface area contributed by atoms with Gasteiger partial charge in [0.2, 0.25) is 0 Å². The summed E-state index contributed by atoms with van der Waals surface area (Å²) in [6.45, 7) is 2.10. The number of rotatable bonds is 7. The molecular weight excluding hydrogens is 354 g/mol. The Hall–Kier alpha value is -3.61. The number of nitrogens with one attached hydrogen (secondary N) is 1. The highest BCUT2D eigenvalue weighted by atomic mass is 16.2. The Morgan fingerprint density at radius 1 is 1.04 bits per heavy atom. The first-order valence-electron chi connectivity index (χ1n) is 8.87. The van der Waals surface area contributed by atoms with Crippen LogP contribution in [0.25, 0.3) is 0 Å². The van der Waals surface area contributed by atoms with Crippen LogP contribution in [-0.2, 0) is 6.42 Å². The summed E-state index contributed by atoms with van der Waals surface area (Å²) in [4.78, 5) is 37.9. The van der Waals surface area contributed by atoms with E-state index in [9.17, 15) is 9.59 Å². The van der Waals surface area contributed by atoms with Crippen molar-refractivity contribution in [3.63, 3.8) is 0 Å². The number of anilines is 2. The van der Waals surface area contributed by atoms with Crippen molar-refractivity contribution in [1.82, 2.24) is 19.9 Å². The van der Waals surface area contributed by atoms with E-state index >= 15 is 0 Å². The van der Waals surface area contributed by atoms with E-state index in [0.29, 0.717) is 23.6 Å². The van der Waals surface area contributed by atoms with Gasteiger partial charge in [-0.15, -0.1) is 0 Å².